The van der Waals surface area contributed by atoms with E-state index in [1.54, 1.807) is 26.7 Å². The van der Waals surface area contributed by atoms with Gasteiger partial charge in [-0.1, -0.05) is 29.5 Å². The van der Waals surface area contributed by atoms with Gasteiger partial charge < -0.3 is 20.3 Å². The molecule has 0 aliphatic carbocycles. The Balaban J connectivity index is 1.06. The van der Waals surface area contributed by atoms with Gasteiger partial charge in [0.1, 0.15) is 17.9 Å². The summed E-state index contributed by atoms with van der Waals surface area (Å²) in [7, 11) is 0. The van der Waals surface area contributed by atoms with E-state index in [0.717, 1.165) is 16.6 Å². The quantitative estimate of drug-likeness (QED) is 0.447. The van der Waals surface area contributed by atoms with Gasteiger partial charge in [-0.15, -0.1) is 5.10 Å². The molecule has 0 radical (unpaired) electrons. The Morgan fingerprint density at radius 3 is 2.61 bits per heavy atom. The van der Waals surface area contributed by atoms with E-state index in [4.69, 9.17) is 0 Å². The first-order valence-corrected chi connectivity index (χ1v) is 12.1. The summed E-state index contributed by atoms with van der Waals surface area (Å²) in [5, 5.41) is 19.6. The molecule has 4 aromatic rings. The number of nitrogens with zero attached hydrogens (tertiary/aromatic N) is 6. The van der Waals surface area contributed by atoms with Gasteiger partial charge in [0.25, 0.3) is 11.8 Å². The highest BCUT2D eigenvalue weighted by Gasteiger charge is 2.38. The summed E-state index contributed by atoms with van der Waals surface area (Å²) in [5.74, 6) is -0.159. The summed E-state index contributed by atoms with van der Waals surface area (Å²) < 4.78 is 3.54. The van der Waals surface area contributed by atoms with Gasteiger partial charge in [0, 0.05) is 24.8 Å². The average molecular weight is 486 g/mol. The molecule has 2 aliphatic rings. The number of benzene rings is 2. The van der Waals surface area contributed by atoms with Crippen molar-refractivity contribution >= 4 is 22.8 Å². The summed E-state index contributed by atoms with van der Waals surface area (Å²) in [5.41, 5.74) is 6.14. The van der Waals surface area contributed by atoms with Crippen molar-refractivity contribution in [1.82, 2.24) is 29.5 Å². The number of nitrogens with one attached hydrogen (secondary N) is 1. The lowest BCUT2D eigenvalue weighted by Crippen LogP contribution is -2.56. The minimum absolute atomic E-state index is 0.0525. The van der Waals surface area contributed by atoms with Crippen LogP contribution in [0.25, 0.3) is 11.0 Å². The van der Waals surface area contributed by atoms with E-state index < -0.39 is 5.60 Å². The summed E-state index contributed by atoms with van der Waals surface area (Å²) in [6.45, 7) is 2.02. The fraction of sp³-hybridized carbons (Fsp3) is 0.308. The standard InChI is InChI=1S/C26H27N7O3/c34-24(20-9-7-19(8-10-20)16-33-22-5-2-1-4-21(22)28-29-33)30-14-11-26(36,12-15-30)17-31-18-27-32-13-3-6-23(32)25(31)35/h1-10,13,27,36H,11-12,14-18H2. The van der Waals surface area contributed by atoms with Crippen molar-refractivity contribution in [2.24, 2.45) is 0 Å². The third-order valence-corrected chi connectivity index (χ3v) is 7.11. The van der Waals surface area contributed by atoms with Crippen LogP contribution in [0.1, 0.15) is 39.3 Å². The minimum atomic E-state index is -1.02. The summed E-state index contributed by atoms with van der Waals surface area (Å²) >= 11 is 0. The zero-order chi connectivity index (χ0) is 24.7. The second-order valence-electron chi connectivity index (χ2n) is 9.53. The van der Waals surface area contributed by atoms with Crippen molar-refractivity contribution < 1.29 is 14.7 Å². The molecule has 0 spiro atoms. The third kappa shape index (κ3) is 4.09. The molecule has 0 saturated carbocycles. The number of piperidine rings is 1. The number of carbonyl (C=O) groups is 2. The molecule has 6 rings (SSSR count). The number of carbonyl (C=O) groups excluding carboxylic acids is 2. The fourth-order valence-corrected chi connectivity index (χ4v) is 5.00. The summed E-state index contributed by atoms with van der Waals surface area (Å²) in [4.78, 5) is 29.2. The molecule has 10 nitrogen and oxygen atoms in total. The van der Waals surface area contributed by atoms with Gasteiger partial charge >= 0.3 is 0 Å². The first-order valence-electron chi connectivity index (χ1n) is 12.1. The molecule has 36 heavy (non-hydrogen) atoms. The van der Waals surface area contributed by atoms with Crippen molar-refractivity contribution in [3.8, 4) is 0 Å². The van der Waals surface area contributed by atoms with E-state index in [1.165, 1.54) is 0 Å². The maximum absolute atomic E-state index is 13.1. The molecule has 0 bridgehead atoms. The van der Waals surface area contributed by atoms with Crippen molar-refractivity contribution in [2.75, 3.05) is 31.7 Å². The highest BCUT2D eigenvalue weighted by Crippen LogP contribution is 2.26. The van der Waals surface area contributed by atoms with Crippen LogP contribution in [0.2, 0.25) is 0 Å². The molecule has 1 saturated heterocycles. The second-order valence-corrected chi connectivity index (χ2v) is 9.53. The minimum Gasteiger partial charge on any atom is -0.388 e. The van der Waals surface area contributed by atoms with Gasteiger partial charge in [-0.3, -0.25) is 14.3 Å². The molecule has 1 fully saturated rings. The van der Waals surface area contributed by atoms with E-state index in [-0.39, 0.29) is 18.4 Å². The van der Waals surface area contributed by atoms with Gasteiger partial charge in [0.2, 0.25) is 0 Å². The van der Waals surface area contributed by atoms with E-state index in [0.29, 0.717) is 50.4 Å². The maximum Gasteiger partial charge on any atom is 0.273 e. The molecule has 184 valence electrons. The van der Waals surface area contributed by atoms with Gasteiger partial charge in [0.05, 0.1) is 24.2 Å². The van der Waals surface area contributed by atoms with Crippen LogP contribution in [0, 0.1) is 0 Å². The Labute approximate surface area is 207 Å². The number of rotatable bonds is 5. The number of amides is 2. The van der Waals surface area contributed by atoms with Crippen molar-refractivity contribution in [3.63, 3.8) is 0 Å². The van der Waals surface area contributed by atoms with Crippen molar-refractivity contribution in [1.29, 1.82) is 0 Å². The lowest BCUT2D eigenvalue weighted by molar-refractivity contribution is -0.0369. The van der Waals surface area contributed by atoms with E-state index in [1.807, 2.05) is 59.3 Å². The second kappa shape index (κ2) is 8.80. The van der Waals surface area contributed by atoms with Gasteiger partial charge in [-0.25, -0.2) is 4.68 Å². The van der Waals surface area contributed by atoms with Gasteiger partial charge in [-0.2, -0.15) is 0 Å². The molecule has 10 heteroatoms. The van der Waals surface area contributed by atoms with Crippen LogP contribution in [0.5, 0.6) is 0 Å². The van der Waals surface area contributed by atoms with Crippen LogP contribution in [0.3, 0.4) is 0 Å². The number of aromatic nitrogens is 4. The average Bonchev–Trinajstić information content (AvgIpc) is 3.54. The zero-order valence-corrected chi connectivity index (χ0v) is 19.7. The topological polar surface area (TPSA) is 109 Å². The number of likely N-dealkylation sites (tertiary alicyclic amines) is 1. The monoisotopic (exact) mass is 485 g/mol. The van der Waals surface area contributed by atoms with Crippen LogP contribution < -0.4 is 5.43 Å². The highest BCUT2D eigenvalue weighted by molar-refractivity contribution is 5.94. The molecule has 2 amide bonds. The molecule has 2 aliphatic heterocycles. The number of hydrogen-bond acceptors (Lipinski definition) is 6. The number of fused-ring (bicyclic) bond motifs is 2. The first-order chi connectivity index (χ1) is 17.5. The summed E-state index contributed by atoms with van der Waals surface area (Å²) in [6.07, 6.45) is 2.63. The molecule has 2 N–H and O–H groups in total. The van der Waals surface area contributed by atoms with Gasteiger partial charge in [-0.05, 0) is 54.8 Å². The number of para-hydroxylation sites is 1. The van der Waals surface area contributed by atoms with Crippen molar-refractivity contribution in [2.45, 2.75) is 25.0 Å². The number of aliphatic hydroxyl groups is 1. The SMILES string of the molecule is O=C(c1ccc(Cn2nnc3ccccc32)cc1)N1CCC(O)(CN2CNn3cccc3C2=O)CC1. The Morgan fingerprint density at radius 2 is 1.81 bits per heavy atom. The maximum atomic E-state index is 13.1. The normalized spacial score (nSPS) is 17.2. The first kappa shape index (κ1) is 22.3. The third-order valence-electron chi connectivity index (χ3n) is 7.11. The molecular weight excluding hydrogens is 458 g/mol. The molecular formula is C26H27N7O3. The van der Waals surface area contributed by atoms with E-state index in [9.17, 15) is 14.7 Å². The van der Waals surface area contributed by atoms with Crippen LogP contribution in [0.4, 0.5) is 0 Å². The fourth-order valence-electron chi connectivity index (χ4n) is 5.00. The smallest absolute Gasteiger partial charge is 0.273 e. The Bertz CT molecular complexity index is 1420. The Morgan fingerprint density at radius 1 is 1.03 bits per heavy atom. The molecule has 2 aromatic carbocycles. The zero-order valence-electron chi connectivity index (χ0n) is 19.7. The largest absolute Gasteiger partial charge is 0.388 e. The van der Waals surface area contributed by atoms with E-state index in [2.05, 4.69) is 15.7 Å². The Kier molecular flexibility index (Phi) is 5.45. The van der Waals surface area contributed by atoms with Crippen LogP contribution >= 0.6 is 0 Å². The lowest BCUT2D eigenvalue weighted by Gasteiger charge is -2.42. The predicted molar refractivity (Wildman–Crippen MR) is 133 cm³/mol. The van der Waals surface area contributed by atoms with Crippen LogP contribution in [0.15, 0.2) is 66.9 Å². The van der Waals surface area contributed by atoms with Crippen molar-refractivity contribution in [3.05, 3.63) is 83.7 Å². The highest BCUT2D eigenvalue weighted by atomic mass is 16.3. The number of β-amino-alcohol motifs (C(OH)–C–C–N with tert-alkyl or cyclic N) is 1. The molecule has 2 aromatic heterocycles. The summed E-state index contributed by atoms with van der Waals surface area (Å²) in [6, 6.07) is 18.9. The van der Waals surface area contributed by atoms with E-state index >= 15 is 0 Å². The van der Waals surface area contributed by atoms with Crippen LogP contribution in [-0.2, 0) is 6.54 Å². The van der Waals surface area contributed by atoms with Gasteiger partial charge in [0.15, 0.2) is 0 Å². The predicted octanol–water partition coefficient (Wildman–Crippen LogP) is 1.91. The molecule has 4 heterocycles. The lowest BCUT2D eigenvalue weighted by atomic mass is 9.90. The molecule has 0 unspecified atom stereocenters. The molecule has 0 atom stereocenters. The Hall–Kier alpha value is -4.18. The van der Waals surface area contributed by atoms with Crippen LogP contribution in [-0.4, -0.2) is 78.3 Å². The number of hydrogen-bond donors (Lipinski definition) is 2.